The van der Waals surface area contributed by atoms with Crippen LogP contribution in [0.3, 0.4) is 0 Å². The van der Waals surface area contributed by atoms with E-state index in [-0.39, 0.29) is 0 Å². The van der Waals surface area contributed by atoms with Crippen molar-refractivity contribution in [2.24, 2.45) is 5.73 Å². The highest BCUT2D eigenvalue weighted by Gasteiger charge is 2.44. The Hall–Kier alpha value is -0.0800. The predicted octanol–water partition coefficient (Wildman–Crippen LogP) is 1.74. The van der Waals surface area contributed by atoms with Gasteiger partial charge in [-0.2, -0.15) is 0 Å². The van der Waals surface area contributed by atoms with E-state index < -0.39 is 0 Å². The van der Waals surface area contributed by atoms with Crippen LogP contribution in [0.15, 0.2) is 0 Å². The molecular formula is C11H22N2. The standard InChI is InChI=1S/C11H22N2/c1-11(2,3)13-9-4-5-10(13)7-8(12)6-9/h8-10H,4-7,12H2,1-3H3/t8?,9-,10?/m0/s1. The third-order valence-corrected chi connectivity index (χ3v) is 3.54. The first-order valence-electron chi connectivity index (χ1n) is 5.52. The van der Waals surface area contributed by atoms with Gasteiger partial charge in [0.25, 0.3) is 0 Å². The molecule has 0 aromatic rings. The molecule has 2 heterocycles. The van der Waals surface area contributed by atoms with Gasteiger partial charge in [-0.15, -0.1) is 0 Å². The first kappa shape index (κ1) is 9.47. The Bertz CT molecular complexity index is 181. The molecule has 0 aromatic heterocycles. The van der Waals surface area contributed by atoms with Gasteiger partial charge in [0.05, 0.1) is 0 Å². The molecule has 0 aromatic carbocycles. The first-order chi connectivity index (χ1) is 5.98. The number of rotatable bonds is 0. The van der Waals surface area contributed by atoms with Gasteiger partial charge in [-0.3, -0.25) is 4.90 Å². The van der Waals surface area contributed by atoms with Gasteiger partial charge in [0, 0.05) is 23.7 Å². The number of hydrogen-bond acceptors (Lipinski definition) is 2. The van der Waals surface area contributed by atoms with Gasteiger partial charge in [-0.25, -0.2) is 0 Å². The SMILES string of the molecule is CC(C)(C)N1C2CC[C@H]1CC(N)C2. The van der Waals surface area contributed by atoms with Gasteiger partial charge in [0.1, 0.15) is 0 Å². The van der Waals surface area contributed by atoms with Crippen molar-refractivity contribution in [3.63, 3.8) is 0 Å². The molecule has 0 aliphatic carbocycles. The number of hydrogen-bond donors (Lipinski definition) is 1. The van der Waals surface area contributed by atoms with Crippen LogP contribution in [0.5, 0.6) is 0 Å². The Labute approximate surface area is 81.5 Å². The summed E-state index contributed by atoms with van der Waals surface area (Å²) in [5.74, 6) is 0. The highest BCUT2D eigenvalue weighted by Crippen LogP contribution is 2.39. The second kappa shape index (κ2) is 2.96. The predicted molar refractivity (Wildman–Crippen MR) is 55.6 cm³/mol. The molecular weight excluding hydrogens is 160 g/mol. The molecule has 2 fully saturated rings. The fraction of sp³-hybridized carbons (Fsp3) is 1.00. The van der Waals surface area contributed by atoms with Crippen LogP contribution < -0.4 is 5.73 Å². The van der Waals surface area contributed by atoms with Crippen molar-refractivity contribution in [3.8, 4) is 0 Å². The summed E-state index contributed by atoms with van der Waals surface area (Å²) < 4.78 is 0. The summed E-state index contributed by atoms with van der Waals surface area (Å²) in [5, 5.41) is 0. The maximum atomic E-state index is 6.03. The lowest BCUT2D eigenvalue weighted by atomic mass is 9.92. The smallest absolute Gasteiger partial charge is 0.0130 e. The topological polar surface area (TPSA) is 29.3 Å². The molecule has 2 aliphatic heterocycles. The van der Waals surface area contributed by atoms with Gasteiger partial charge in [-0.05, 0) is 46.5 Å². The summed E-state index contributed by atoms with van der Waals surface area (Å²) in [6.07, 6.45) is 5.17. The normalized spacial score (nSPS) is 41.1. The molecule has 3 atom stereocenters. The Morgan fingerprint density at radius 2 is 1.54 bits per heavy atom. The highest BCUT2D eigenvalue weighted by atomic mass is 15.3. The molecule has 2 heteroatoms. The van der Waals surface area contributed by atoms with Crippen molar-refractivity contribution in [3.05, 3.63) is 0 Å². The molecule has 0 spiro atoms. The molecule has 0 saturated carbocycles. The van der Waals surface area contributed by atoms with Crippen molar-refractivity contribution < 1.29 is 0 Å². The summed E-state index contributed by atoms with van der Waals surface area (Å²) >= 11 is 0. The van der Waals surface area contributed by atoms with Crippen LogP contribution in [0.25, 0.3) is 0 Å². The van der Waals surface area contributed by atoms with E-state index in [1.54, 1.807) is 0 Å². The Balaban J connectivity index is 2.15. The minimum atomic E-state index is 0.339. The van der Waals surface area contributed by atoms with E-state index in [0.717, 1.165) is 12.1 Å². The van der Waals surface area contributed by atoms with Crippen LogP contribution in [0, 0.1) is 0 Å². The lowest BCUT2D eigenvalue weighted by Crippen LogP contribution is -2.55. The molecule has 2 bridgehead atoms. The monoisotopic (exact) mass is 182 g/mol. The fourth-order valence-electron chi connectivity index (χ4n) is 3.31. The zero-order valence-electron chi connectivity index (χ0n) is 9.09. The fourth-order valence-corrected chi connectivity index (χ4v) is 3.31. The van der Waals surface area contributed by atoms with Crippen molar-refractivity contribution in [1.29, 1.82) is 0 Å². The second-order valence-electron chi connectivity index (χ2n) is 5.69. The summed E-state index contributed by atoms with van der Waals surface area (Å²) in [5.41, 5.74) is 6.37. The van der Waals surface area contributed by atoms with Crippen LogP contribution >= 0.6 is 0 Å². The Morgan fingerprint density at radius 1 is 1.08 bits per heavy atom. The minimum Gasteiger partial charge on any atom is -0.328 e. The first-order valence-corrected chi connectivity index (χ1v) is 5.52. The average Bonchev–Trinajstić information content (AvgIpc) is 2.23. The van der Waals surface area contributed by atoms with Crippen molar-refractivity contribution >= 4 is 0 Å². The van der Waals surface area contributed by atoms with E-state index in [9.17, 15) is 0 Å². The third-order valence-electron chi connectivity index (χ3n) is 3.54. The zero-order valence-corrected chi connectivity index (χ0v) is 9.09. The largest absolute Gasteiger partial charge is 0.328 e. The maximum Gasteiger partial charge on any atom is 0.0130 e. The summed E-state index contributed by atoms with van der Waals surface area (Å²) in [6, 6.07) is 2.01. The molecule has 76 valence electrons. The molecule has 2 N–H and O–H groups in total. The maximum absolute atomic E-state index is 6.03. The molecule has 0 radical (unpaired) electrons. The number of fused-ring (bicyclic) bond motifs is 2. The molecule has 2 aliphatic rings. The van der Waals surface area contributed by atoms with E-state index in [1.807, 2.05) is 0 Å². The van der Waals surface area contributed by atoms with Gasteiger partial charge in [0.2, 0.25) is 0 Å². The molecule has 2 saturated heterocycles. The van der Waals surface area contributed by atoms with E-state index in [2.05, 4.69) is 25.7 Å². The van der Waals surface area contributed by atoms with E-state index in [4.69, 9.17) is 5.73 Å². The number of nitrogens with zero attached hydrogens (tertiary/aromatic N) is 1. The van der Waals surface area contributed by atoms with Crippen LogP contribution in [0.4, 0.5) is 0 Å². The lowest BCUT2D eigenvalue weighted by Gasteiger charge is -2.46. The van der Waals surface area contributed by atoms with Crippen LogP contribution in [-0.4, -0.2) is 28.6 Å². The second-order valence-corrected chi connectivity index (χ2v) is 5.69. The van der Waals surface area contributed by atoms with Crippen LogP contribution in [-0.2, 0) is 0 Å². The quantitative estimate of drug-likeness (QED) is 0.618. The van der Waals surface area contributed by atoms with Gasteiger partial charge in [-0.1, -0.05) is 0 Å². The van der Waals surface area contributed by atoms with Crippen LogP contribution in [0.1, 0.15) is 46.5 Å². The average molecular weight is 182 g/mol. The lowest BCUT2D eigenvalue weighted by molar-refractivity contribution is 0.0370. The van der Waals surface area contributed by atoms with E-state index in [0.29, 0.717) is 11.6 Å². The van der Waals surface area contributed by atoms with Gasteiger partial charge >= 0.3 is 0 Å². The summed E-state index contributed by atoms with van der Waals surface area (Å²) in [7, 11) is 0. The van der Waals surface area contributed by atoms with Crippen molar-refractivity contribution in [2.75, 3.05) is 0 Å². The third kappa shape index (κ3) is 1.62. The molecule has 2 nitrogen and oxygen atoms in total. The highest BCUT2D eigenvalue weighted by molar-refractivity contribution is 5.00. The number of piperidine rings is 1. The number of nitrogens with two attached hydrogens (primary N) is 1. The van der Waals surface area contributed by atoms with Crippen molar-refractivity contribution in [1.82, 2.24) is 4.90 Å². The van der Waals surface area contributed by atoms with E-state index >= 15 is 0 Å². The molecule has 13 heavy (non-hydrogen) atoms. The van der Waals surface area contributed by atoms with Gasteiger partial charge in [0.15, 0.2) is 0 Å². The van der Waals surface area contributed by atoms with Crippen LogP contribution in [0.2, 0.25) is 0 Å². The Kier molecular flexibility index (Phi) is 2.16. The Morgan fingerprint density at radius 3 is 1.92 bits per heavy atom. The van der Waals surface area contributed by atoms with Gasteiger partial charge < -0.3 is 5.73 Å². The zero-order chi connectivity index (χ0) is 9.64. The molecule has 2 unspecified atom stereocenters. The summed E-state index contributed by atoms with van der Waals surface area (Å²) in [6.45, 7) is 6.99. The minimum absolute atomic E-state index is 0.339. The molecule has 0 amide bonds. The van der Waals surface area contributed by atoms with Crippen molar-refractivity contribution in [2.45, 2.75) is 70.1 Å². The molecule has 2 rings (SSSR count). The summed E-state index contributed by atoms with van der Waals surface area (Å²) in [4.78, 5) is 2.70. The van der Waals surface area contributed by atoms with E-state index in [1.165, 1.54) is 25.7 Å².